The van der Waals surface area contributed by atoms with Gasteiger partial charge in [0, 0.05) is 17.8 Å². The van der Waals surface area contributed by atoms with Crippen molar-refractivity contribution >= 4 is 28.3 Å². The van der Waals surface area contributed by atoms with Crippen LogP contribution in [0.4, 0.5) is 11.4 Å². The minimum Gasteiger partial charge on any atom is -0.322 e. The van der Waals surface area contributed by atoms with Gasteiger partial charge in [0.15, 0.2) is 0 Å². The summed E-state index contributed by atoms with van der Waals surface area (Å²) in [6.45, 7) is 1.90. The first-order chi connectivity index (χ1) is 14.0. The maximum atomic E-state index is 12.8. The molecule has 2 heterocycles. The molecule has 10 heteroatoms. The number of carbonyl (C=O) groups is 1. The fourth-order valence-corrected chi connectivity index (χ4v) is 3.15. The summed E-state index contributed by atoms with van der Waals surface area (Å²) in [5.74, 6) is -0.341. The third kappa shape index (κ3) is 3.38. The van der Waals surface area contributed by atoms with Crippen molar-refractivity contribution in [1.82, 2.24) is 19.7 Å². The van der Waals surface area contributed by atoms with Crippen LogP contribution in [0.25, 0.3) is 16.7 Å². The van der Waals surface area contributed by atoms with Gasteiger partial charge in [-0.05, 0) is 36.8 Å². The standard InChI is InChI=1S/C19H16N6O4/c1-2-17-14(10-20-24(17)12-4-6-13(7-5-12)25(28)29)18(26)21-11-3-8-15-16(9-11)23-19(27)22-15/h3-10H,2H2,1H3,(H,21,26)(H2,22,23,27). The molecule has 1 amide bonds. The summed E-state index contributed by atoms with van der Waals surface area (Å²) < 4.78 is 1.59. The van der Waals surface area contributed by atoms with Gasteiger partial charge in [-0.1, -0.05) is 6.92 Å². The highest BCUT2D eigenvalue weighted by atomic mass is 16.6. The van der Waals surface area contributed by atoms with E-state index < -0.39 is 4.92 Å². The summed E-state index contributed by atoms with van der Waals surface area (Å²) >= 11 is 0. The molecule has 0 radical (unpaired) electrons. The number of H-pyrrole nitrogens is 2. The number of carbonyl (C=O) groups excluding carboxylic acids is 1. The Hall–Kier alpha value is -4.21. The molecule has 0 aliphatic carbocycles. The van der Waals surface area contributed by atoms with Gasteiger partial charge in [0.2, 0.25) is 0 Å². The zero-order valence-corrected chi connectivity index (χ0v) is 15.3. The van der Waals surface area contributed by atoms with Crippen molar-refractivity contribution in [3.8, 4) is 5.69 Å². The van der Waals surface area contributed by atoms with E-state index >= 15 is 0 Å². The number of rotatable bonds is 5. The Bertz CT molecular complexity index is 1280. The van der Waals surface area contributed by atoms with E-state index in [4.69, 9.17) is 0 Å². The molecule has 0 saturated heterocycles. The molecule has 0 spiro atoms. The topological polar surface area (TPSA) is 139 Å². The maximum Gasteiger partial charge on any atom is 0.323 e. The Morgan fingerprint density at radius 3 is 2.59 bits per heavy atom. The first-order valence-electron chi connectivity index (χ1n) is 8.81. The minimum absolute atomic E-state index is 0.0184. The van der Waals surface area contributed by atoms with E-state index in [1.165, 1.54) is 18.3 Å². The maximum absolute atomic E-state index is 12.8. The summed E-state index contributed by atoms with van der Waals surface area (Å²) in [7, 11) is 0. The van der Waals surface area contributed by atoms with Crippen LogP contribution in [0.3, 0.4) is 0 Å². The Morgan fingerprint density at radius 2 is 1.90 bits per heavy atom. The minimum atomic E-state index is -0.471. The van der Waals surface area contributed by atoms with Gasteiger partial charge in [-0.25, -0.2) is 9.48 Å². The first kappa shape index (κ1) is 18.2. The number of benzene rings is 2. The van der Waals surface area contributed by atoms with Crippen molar-refractivity contribution < 1.29 is 9.72 Å². The molecular weight excluding hydrogens is 376 g/mol. The van der Waals surface area contributed by atoms with Gasteiger partial charge < -0.3 is 15.3 Å². The summed E-state index contributed by atoms with van der Waals surface area (Å²) in [6.07, 6.45) is 2.00. The van der Waals surface area contributed by atoms with Crippen LogP contribution in [-0.4, -0.2) is 30.6 Å². The number of non-ortho nitro benzene ring substituents is 1. The molecule has 0 fully saturated rings. The number of amides is 1. The molecule has 10 nitrogen and oxygen atoms in total. The number of aromatic amines is 2. The number of aromatic nitrogens is 4. The Morgan fingerprint density at radius 1 is 1.17 bits per heavy atom. The van der Waals surface area contributed by atoms with E-state index in [0.29, 0.717) is 40.1 Å². The molecule has 0 unspecified atom stereocenters. The molecule has 0 saturated carbocycles. The highest BCUT2D eigenvalue weighted by molar-refractivity contribution is 6.05. The summed E-state index contributed by atoms with van der Waals surface area (Å²) in [4.78, 5) is 39.8. The van der Waals surface area contributed by atoms with Crippen LogP contribution in [-0.2, 0) is 6.42 Å². The molecular formula is C19H16N6O4. The van der Waals surface area contributed by atoms with Crippen LogP contribution >= 0.6 is 0 Å². The Labute approximate surface area is 163 Å². The van der Waals surface area contributed by atoms with Crippen LogP contribution in [0.2, 0.25) is 0 Å². The predicted octanol–water partition coefficient (Wildman–Crippen LogP) is 2.76. The molecule has 4 rings (SSSR count). The lowest BCUT2D eigenvalue weighted by molar-refractivity contribution is -0.384. The molecule has 0 bridgehead atoms. The molecule has 3 N–H and O–H groups in total. The number of anilines is 1. The number of nitrogens with one attached hydrogen (secondary N) is 3. The second-order valence-electron chi connectivity index (χ2n) is 6.34. The first-order valence-corrected chi connectivity index (χ1v) is 8.81. The highest BCUT2D eigenvalue weighted by Gasteiger charge is 2.18. The van der Waals surface area contributed by atoms with Crippen molar-refractivity contribution in [1.29, 1.82) is 0 Å². The van der Waals surface area contributed by atoms with Gasteiger partial charge in [-0.3, -0.25) is 14.9 Å². The third-order valence-corrected chi connectivity index (χ3v) is 4.53. The fourth-order valence-electron chi connectivity index (χ4n) is 3.15. The van der Waals surface area contributed by atoms with Crippen LogP contribution in [0.15, 0.2) is 53.5 Å². The number of hydrogen-bond donors (Lipinski definition) is 3. The number of fused-ring (bicyclic) bond motifs is 1. The SMILES string of the molecule is CCc1c(C(=O)Nc2ccc3[nH]c(=O)[nH]c3c2)cnn1-c1ccc([N+](=O)[O-])cc1. The van der Waals surface area contributed by atoms with E-state index in [2.05, 4.69) is 20.4 Å². The fraction of sp³-hybridized carbons (Fsp3) is 0.105. The van der Waals surface area contributed by atoms with Gasteiger partial charge in [0.25, 0.3) is 11.6 Å². The number of imidazole rings is 1. The quantitative estimate of drug-likeness (QED) is 0.354. The van der Waals surface area contributed by atoms with Crippen molar-refractivity contribution in [2.45, 2.75) is 13.3 Å². The monoisotopic (exact) mass is 392 g/mol. The molecule has 0 aliphatic heterocycles. The lowest BCUT2D eigenvalue weighted by Gasteiger charge is -2.09. The second kappa shape index (κ2) is 7.08. The summed E-state index contributed by atoms with van der Waals surface area (Å²) in [6, 6.07) is 11.0. The average molecular weight is 392 g/mol. The molecule has 4 aromatic rings. The highest BCUT2D eigenvalue weighted by Crippen LogP contribution is 2.21. The van der Waals surface area contributed by atoms with E-state index in [-0.39, 0.29) is 17.3 Å². The van der Waals surface area contributed by atoms with Gasteiger partial charge in [-0.2, -0.15) is 5.10 Å². The lowest BCUT2D eigenvalue weighted by Crippen LogP contribution is -2.14. The zero-order chi connectivity index (χ0) is 20.5. The average Bonchev–Trinajstić information content (AvgIpc) is 3.30. The smallest absolute Gasteiger partial charge is 0.322 e. The normalized spacial score (nSPS) is 10.9. The molecule has 29 heavy (non-hydrogen) atoms. The van der Waals surface area contributed by atoms with E-state index in [9.17, 15) is 19.7 Å². The van der Waals surface area contributed by atoms with Gasteiger partial charge in [0.05, 0.1) is 39.1 Å². The van der Waals surface area contributed by atoms with Crippen molar-refractivity contribution in [3.05, 3.63) is 80.5 Å². The van der Waals surface area contributed by atoms with Gasteiger partial charge >= 0.3 is 5.69 Å². The van der Waals surface area contributed by atoms with E-state index in [1.807, 2.05) is 6.92 Å². The summed E-state index contributed by atoms with van der Waals surface area (Å²) in [5, 5.41) is 17.9. The number of nitrogens with zero attached hydrogens (tertiary/aromatic N) is 3. The second-order valence-corrected chi connectivity index (χ2v) is 6.34. The predicted molar refractivity (Wildman–Crippen MR) is 106 cm³/mol. The molecule has 0 atom stereocenters. The summed E-state index contributed by atoms with van der Waals surface area (Å²) in [5.41, 5.74) is 3.12. The number of nitro groups is 1. The van der Waals surface area contributed by atoms with E-state index in [0.717, 1.165) is 0 Å². The third-order valence-electron chi connectivity index (χ3n) is 4.53. The largest absolute Gasteiger partial charge is 0.323 e. The van der Waals surface area contributed by atoms with Gasteiger partial charge in [0.1, 0.15) is 0 Å². The molecule has 146 valence electrons. The molecule has 0 aliphatic rings. The zero-order valence-electron chi connectivity index (χ0n) is 15.3. The number of hydrogen-bond acceptors (Lipinski definition) is 5. The van der Waals surface area contributed by atoms with Crippen molar-refractivity contribution in [3.63, 3.8) is 0 Å². The Kier molecular flexibility index (Phi) is 4.43. The van der Waals surface area contributed by atoms with Gasteiger partial charge in [-0.15, -0.1) is 0 Å². The lowest BCUT2D eigenvalue weighted by atomic mass is 10.1. The van der Waals surface area contributed by atoms with Crippen molar-refractivity contribution in [2.75, 3.05) is 5.32 Å². The Balaban J connectivity index is 1.63. The van der Waals surface area contributed by atoms with Crippen LogP contribution < -0.4 is 11.0 Å². The van der Waals surface area contributed by atoms with E-state index in [1.54, 1.807) is 35.0 Å². The van der Waals surface area contributed by atoms with Crippen LogP contribution in [0.5, 0.6) is 0 Å². The molecule has 2 aromatic carbocycles. The van der Waals surface area contributed by atoms with Crippen molar-refractivity contribution in [2.24, 2.45) is 0 Å². The number of nitro benzene ring substituents is 1. The van der Waals surface area contributed by atoms with Crippen LogP contribution in [0, 0.1) is 10.1 Å². The molecule has 2 aromatic heterocycles. The van der Waals surface area contributed by atoms with Crippen LogP contribution in [0.1, 0.15) is 23.0 Å².